The van der Waals surface area contributed by atoms with E-state index in [-0.39, 0.29) is 5.88 Å². The fourth-order valence-electron chi connectivity index (χ4n) is 3.47. The predicted octanol–water partition coefficient (Wildman–Crippen LogP) is 4.41. The van der Waals surface area contributed by atoms with Gasteiger partial charge in [-0.1, -0.05) is 11.6 Å². The van der Waals surface area contributed by atoms with Crippen LogP contribution in [0.2, 0.25) is 5.02 Å². The Morgan fingerprint density at radius 1 is 1.17 bits per heavy atom. The second kappa shape index (κ2) is 9.31. The van der Waals surface area contributed by atoms with Crippen LogP contribution in [-0.2, 0) is 4.74 Å². The number of morpholine rings is 1. The molecule has 4 rings (SSSR count). The van der Waals surface area contributed by atoms with Gasteiger partial charge in [-0.2, -0.15) is 0 Å². The Hall–Kier alpha value is -2.54. The average molecular weight is 413 g/mol. The van der Waals surface area contributed by atoms with Crippen LogP contribution in [0.15, 0.2) is 47.5 Å². The van der Waals surface area contributed by atoms with Crippen LogP contribution in [0.3, 0.4) is 0 Å². The zero-order chi connectivity index (χ0) is 20.1. The molecule has 6 nitrogen and oxygen atoms in total. The van der Waals surface area contributed by atoms with Crippen molar-refractivity contribution in [1.29, 1.82) is 0 Å². The first-order chi connectivity index (χ1) is 14.2. The lowest BCUT2D eigenvalue weighted by Gasteiger charge is -2.26. The van der Waals surface area contributed by atoms with Gasteiger partial charge in [-0.3, -0.25) is 9.89 Å². The summed E-state index contributed by atoms with van der Waals surface area (Å²) in [5.41, 5.74) is 3.35. The highest BCUT2D eigenvalue weighted by molar-refractivity contribution is 6.31. The number of nitrogens with one attached hydrogen (secondary N) is 2. The van der Waals surface area contributed by atoms with Crippen LogP contribution in [0, 0.1) is 0 Å². The van der Waals surface area contributed by atoms with E-state index in [1.54, 1.807) is 12.3 Å². The Bertz CT molecular complexity index is 978. The number of H-pyrrole nitrogens is 1. The number of aliphatic imine (C=N–C) groups is 1. The molecule has 2 aromatic carbocycles. The summed E-state index contributed by atoms with van der Waals surface area (Å²) in [6.45, 7) is 5.79. The second-order valence-electron chi connectivity index (χ2n) is 7.12. The van der Waals surface area contributed by atoms with Gasteiger partial charge in [0.25, 0.3) is 0 Å². The molecular weight excluding hydrogens is 388 g/mol. The fourth-order valence-corrected chi connectivity index (χ4v) is 3.64. The SMILES string of the molecule is Oc1[nH]c2ccc(Cl)cc2c1C=Nc1ccc(NCCCN2CCOCC2)cc1. The van der Waals surface area contributed by atoms with Gasteiger partial charge in [-0.05, 0) is 55.4 Å². The molecule has 2 heterocycles. The van der Waals surface area contributed by atoms with Crippen molar-refractivity contribution in [3.05, 3.63) is 53.1 Å². The Kier molecular flexibility index (Phi) is 6.34. The van der Waals surface area contributed by atoms with E-state index in [2.05, 4.69) is 20.2 Å². The van der Waals surface area contributed by atoms with Crippen molar-refractivity contribution in [2.75, 3.05) is 44.7 Å². The molecule has 0 amide bonds. The minimum absolute atomic E-state index is 0.0876. The Morgan fingerprint density at radius 3 is 2.76 bits per heavy atom. The number of nitrogens with zero attached hydrogens (tertiary/aromatic N) is 2. The molecule has 0 radical (unpaired) electrons. The van der Waals surface area contributed by atoms with Crippen LogP contribution in [0.4, 0.5) is 11.4 Å². The van der Waals surface area contributed by atoms with Gasteiger partial charge in [0.05, 0.1) is 24.5 Å². The van der Waals surface area contributed by atoms with Crippen LogP contribution in [-0.4, -0.2) is 60.6 Å². The molecule has 7 heteroatoms. The summed E-state index contributed by atoms with van der Waals surface area (Å²) in [4.78, 5) is 9.87. The van der Waals surface area contributed by atoms with Gasteiger partial charge in [-0.25, -0.2) is 0 Å². The van der Waals surface area contributed by atoms with Crippen molar-refractivity contribution in [3.8, 4) is 5.88 Å². The molecule has 1 aliphatic rings. The van der Waals surface area contributed by atoms with Crippen molar-refractivity contribution in [2.45, 2.75) is 6.42 Å². The monoisotopic (exact) mass is 412 g/mol. The molecule has 0 bridgehead atoms. The van der Waals surface area contributed by atoms with Crippen molar-refractivity contribution in [3.63, 3.8) is 0 Å². The third kappa shape index (κ3) is 5.09. The van der Waals surface area contributed by atoms with Crippen LogP contribution < -0.4 is 5.32 Å². The number of hydrogen-bond acceptors (Lipinski definition) is 5. The molecule has 3 aromatic rings. The smallest absolute Gasteiger partial charge is 0.198 e. The average Bonchev–Trinajstić information content (AvgIpc) is 3.05. The minimum atomic E-state index is 0.0876. The zero-order valence-corrected chi connectivity index (χ0v) is 17.0. The molecule has 0 unspecified atom stereocenters. The number of anilines is 1. The topological polar surface area (TPSA) is 72.9 Å². The first-order valence-electron chi connectivity index (χ1n) is 9.87. The number of halogens is 1. The van der Waals surface area contributed by atoms with E-state index in [4.69, 9.17) is 16.3 Å². The summed E-state index contributed by atoms with van der Waals surface area (Å²) < 4.78 is 5.37. The van der Waals surface area contributed by atoms with Crippen LogP contribution in [0.1, 0.15) is 12.0 Å². The fraction of sp³-hybridized carbons (Fsp3) is 0.318. The van der Waals surface area contributed by atoms with Gasteiger partial charge in [-0.15, -0.1) is 0 Å². The van der Waals surface area contributed by atoms with E-state index >= 15 is 0 Å². The number of ether oxygens (including phenoxy) is 1. The number of aromatic hydroxyl groups is 1. The molecule has 0 aliphatic carbocycles. The summed E-state index contributed by atoms with van der Waals surface area (Å²) in [6.07, 6.45) is 2.76. The third-order valence-electron chi connectivity index (χ3n) is 5.07. The molecular formula is C22H25ClN4O2. The normalized spacial score (nSPS) is 15.3. The summed E-state index contributed by atoms with van der Waals surface area (Å²) in [5, 5.41) is 15.1. The first-order valence-corrected chi connectivity index (χ1v) is 10.3. The van der Waals surface area contributed by atoms with Gasteiger partial charge in [0.1, 0.15) is 0 Å². The summed E-state index contributed by atoms with van der Waals surface area (Å²) in [5.74, 6) is 0.0876. The molecule has 1 aromatic heterocycles. The third-order valence-corrected chi connectivity index (χ3v) is 5.31. The molecule has 1 fully saturated rings. The standard InChI is InChI=1S/C22H25ClN4O2/c23-16-2-7-21-19(14-16)20(22(28)26-21)15-25-18-5-3-17(4-6-18)24-8-1-9-27-10-12-29-13-11-27/h2-7,14-15,24,26,28H,1,8-13H2. The van der Waals surface area contributed by atoms with E-state index in [0.717, 1.165) is 68.1 Å². The maximum Gasteiger partial charge on any atom is 0.198 e. The van der Waals surface area contributed by atoms with Gasteiger partial charge < -0.3 is 20.1 Å². The zero-order valence-electron chi connectivity index (χ0n) is 16.2. The molecule has 1 aliphatic heterocycles. The number of aromatic nitrogens is 1. The molecule has 1 saturated heterocycles. The Morgan fingerprint density at radius 2 is 1.97 bits per heavy atom. The van der Waals surface area contributed by atoms with Gasteiger partial charge in [0.2, 0.25) is 0 Å². The van der Waals surface area contributed by atoms with E-state index in [0.29, 0.717) is 10.6 Å². The molecule has 152 valence electrons. The lowest BCUT2D eigenvalue weighted by molar-refractivity contribution is 0.0378. The summed E-state index contributed by atoms with van der Waals surface area (Å²) in [7, 11) is 0. The lowest BCUT2D eigenvalue weighted by atomic mass is 10.2. The van der Waals surface area contributed by atoms with Crippen molar-refractivity contribution >= 4 is 40.1 Å². The van der Waals surface area contributed by atoms with E-state index < -0.39 is 0 Å². The van der Waals surface area contributed by atoms with Crippen LogP contribution in [0.25, 0.3) is 10.9 Å². The summed E-state index contributed by atoms with van der Waals surface area (Å²) >= 11 is 6.08. The molecule has 0 spiro atoms. The number of benzene rings is 2. The minimum Gasteiger partial charge on any atom is -0.494 e. The van der Waals surface area contributed by atoms with Crippen LogP contribution >= 0.6 is 11.6 Å². The number of hydrogen-bond donors (Lipinski definition) is 3. The Balaban J connectivity index is 1.32. The van der Waals surface area contributed by atoms with E-state index in [1.807, 2.05) is 36.4 Å². The highest BCUT2D eigenvalue weighted by Crippen LogP contribution is 2.28. The molecule has 0 atom stereocenters. The predicted molar refractivity (Wildman–Crippen MR) is 119 cm³/mol. The van der Waals surface area contributed by atoms with Crippen LogP contribution in [0.5, 0.6) is 5.88 Å². The summed E-state index contributed by atoms with van der Waals surface area (Å²) in [6, 6.07) is 13.4. The van der Waals surface area contributed by atoms with E-state index in [1.165, 1.54) is 0 Å². The largest absolute Gasteiger partial charge is 0.494 e. The second-order valence-corrected chi connectivity index (χ2v) is 7.55. The van der Waals surface area contributed by atoms with Crippen molar-refractivity contribution in [1.82, 2.24) is 9.88 Å². The highest BCUT2D eigenvalue weighted by atomic mass is 35.5. The maximum absolute atomic E-state index is 10.2. The van der Waals surface area contributed by atoms with Crippen molar-refractivity contribution in [2.24, 2.45) is 4.99 Å². The number of fused-ring (bicyclic) bond motifs is 1. The van der Waals surface area contributed by atoms with E-state index in [9.17, 15) is 5.11 Å². The molecule has 0 saturated carbocycles. The molecule has 3 N–H and O–H groups in total. The maximum atomic E-state index is 10.2. The number of rotatable bonds is 7. The Labute approximate surface area is 175 Å². The first kappa shape index (κ1) is 19.8. The van der Waals surface area contributed by atoms with Gasteiger partial charge in [0, 0.05) is 47.5 Å². The van der Waals surface area contributed by atoms with Gasteiger partial charge >= 0.3 is 0 Å². The van der Waals surface area contributed by atoms with Crippen molar-refractivity contribution < 1.29 is 9.84 Å². The number of aromatic amines is 1. The molecule has 29 heavy (non-hydrogen) atoms. The highest BCUT2D eigenvalue weighted by Gasteiger charge is 2.10. The van der Waals surface area contributed by atoms with Gasteiger partial charge in [0.15, 0.2) is 5.88 Å². The quantitative estimate of drug-likeness (QED) is 0.397. The lowest BCUT2D eigenvalue weighted by Crippen LogP contribution is -2.37.